The molecular formula is C9H14N2O2S. The molecule has 0 fully saturated rings. The van der Waals surface area contributed by atoms with Crippen LogP contribution in [0.25, 0.3) is 0 Å². The maximum Gasteiger partial charge on any atom is 0.229 e. The van der Waals surface area contributed by atoms with Crippen LogP contribution in [0.15, 0.2) is 0 Å². The van der Waals surface area contributed by atoms with Crippen molar-refractivity contribution in [3.63, 3.8) is 0 Å². The quantitative estimate of drug-likeness (QED) is 0.694. The van der Waals surface area contributed by atoms with Crippen LogP contribution in [0.4, 0.5) is 5.13 Å². The molecule has 0 saturated carbocycles. The summed E-state index contributed by atoms with van der Waals surface area (Å²) < 4.78 is 5.13. The molecule has 1 rings (SSSR count). The second kappa shape index (κ2) is 4.95. The van der Waals surface area contributed by atoms with Crippen molar-refractivity contribution in [2.24, 2.45) is 0 Å². The first-order valence-electron chi connectivity index (χ1n) is 4.33. The van der Waals surface area contributed by atoms with Gasteiger partial charge in [0.1, 0.15) is 6.29 Å². The van der Waals surface area contributed by atoms with Crippen LogP contribution >= 0.6 is 11.3 Å². The first-order chi connectivity index (χ1) is 6.69. The molecule has 14 heavy (non-hydrogen) atoms. The minimum absolute atomic E-state index is 0.519. The van der Waals surface area contributed by atoms with Crippen LogP contribution in [0.5, 0.6) is 5.88 Å². The maximum atomic E-state index is 10.3. The number of aromatic nitrogens is 1. The maximum absolute atomic E-state index is 10.3. The summed E-state index contributed by atoms with van der Waals surface area (Å²) in [6.45, 7) is 0. The van der Waals surface area contributed by atoms with E-state index in [1.807, 2.05) is 19.0 Å². The highest BCUT2D eigenvalue weighted by molar-refractivity contribution is 7.15. The Hall–Kier alpha value is -1.10. The Kier molecular flexibility index (Phi) is 3.88. The third kappa shape index (κ3) is 2.45. The van der Waals surface area contributed by atoms with Crippen molar-refractivity contribution in [1.82, 2.24) is 4.98 Å². The molecule has 1 aromatic rings. The molecule has 0 saturated heterocycles. The average molecular weight is 214 g/mol. The van der Waals surface area contributed by atoms with E-state index in [2.05, 4.69) is 4.98 Å². The summed E-state index contributed by atoms with van der Waals surface area (Å²) in [6.07, 6.45) is 2.14. The molecule has 0 radical (unpaired) electrons. The topological polar surface area (TPSA) is 42.4 Å². The van der Waals surface area contributed by atoms with Gasteiger partial charge in [-0.1, -0.05) is 11.3 Å². The Morgan fingerprint density at radius 3 is 2.79 bits per heavy atom. The molecule has 78 valence electrons. The number of methoxy groups -OCH3 is 1. The van der Waals surface area contributed by atoms with Crippen LogP contribution in [0.2, 0.25) is 0 Å². The van der Waals surface area contributed by atoms with E-state index in [4.69, 9.17) is 4.74 Å². The van der Waals surface area contributed by atoms with Gasteiger partial charge in [-0.05, 0) is 6.42 Å². The van der Waals surface area contributed by atoms with Gasteiger partial charge in [0.25, 0.3) is 0 Å². The van der Waals surface area contributed by atoms with E-state index in [1.165, 1.54) is 0 Å². The lowest BCUT2D eigenvalue weighted by Gasteiger charge is -2.04. The van der Waals surface area contributed by atoms with Crippen molar-refractivity contribution >= 4 is 22.8 Å². The molecule has 0 amide bonds. The fourth-order valence-corrected chi connectivity index (χ4v) is 1.99. The van der Waals surface area contributed by atoms with E-state index >= 15 is 0 Å². The molecule has 0 aliphatic carbocycles. The molecule has 4 nitrogen and oxygen atoms in total. The van der Waals surface area contributed by atoms with Crippen molar-refractivity contribution in [3.05, 3.63) is 4.88 Å². The standard InChI is InChI=1S/C9H14N2O2S/c1-11(2)9-10-8(13-3)7(14-9)5-4-6-12/h6H,4-5H2,1-3H3. The highest BCUT2D eigenvalue weighted by Crippen LogP contribution is 2.30. The van der Waals surface area contributed by atoms with Gasteiger partial charge in [0.05, 0.1) is 12.0 Å². The number of aldehydes is 1. The summed E-state index contributed by atoms with van der Waals surface area (Å²) in [4.78, 5) is 17.5. The number of hydrogen-bond acceptors (Lipinski definition) is 5. The number of carbonyl (C=O) groups is 1. The molecule has 5 heteroatoms. The normalized spacial score (nSPS) is 9.93. The lowest BCUT2D eigenvalue weighted by Crippen LogP contribution is -2.07. The van der Waals surface area contributed by atoms with Crippen molar-refractivity contribution < 1.29 is 9.53 Å². The number of thiazole rings is 1. The van der Waals surface area contributed by atoms with Crippen molar-refractivity contribution in [2.75, 3.05) is 26.1 Å². The Morgan fingerprint density at radius 1 is 1.57 bits per heavy atom. The Morgan fingerprint density at radius 2 is 2.29 bits per heavy atom. The van der Waals surface area contributed by atoms with Gasteiger partial charge in [0.15, 0.2) is 5.13 Å². The van der Waals surface area contributed by atoms with Gasteiger partial charge in [-0.15, -0.1) is 0 Å². The number of carbonyl (C=O) groups excluding carboxylic acids is 1. The highest BCUT2D eigenvalue weighted by atomic mass is 32.1. The van der Waals surface area contributed by atoms with Crippen LogP contribution in [0.3, 0.4) is 0 Å². The SMILES string of the molecule is COc1nc(N(C)C)sc1CCC=O. The molecule has 0 N–H and O–H groups in total. The van der Waals surface area contributed by atoms with Gasteiger partial charge in [-0.2, -0.15) is 4.98 Å². The molecule has 0 aliphatic heterocycles. The first-order valence-corrected chi connectivity index (χ1v) is 5.15. The van der Waals surface area contributed by atoms with Gasteiger partial charge in [-0.3, -0.25) is 0 Å². The van der Waals surface area contributed by atoms with E-state index in [9.17, 15) is 4.79 Å². The second-order valence-corrected chi connectivity index (χ2v) is 4.09. The van der Waals surface area contributed by atoms with E-state index in [-0.39, 0.29) is 0 Å². The van der Waals surface area contributed by atoms with Gasteiger partial charge in [-0.25, -0.2) is 0 Å². The fraction of sp³-hybridized carbons (Fsp3) is 0.556. The molecule has 0 aliphatic rings. The van der Waals surface area contributed by atoms with E-state index in [0.29, 0.717) is 18.7 Å². The number of ether oxygens (including phenoxy) is 1. The third-order valence-corrected chi connectivity index (χ3v) is 2.98. The molecule has 0 unspecified atom stereocenters. The molecule has 0 aromatic carbocycles. The predicted molar refractivity (Wildman–Crippen MR) is 57.4 cm³/mol. The van der Waals surface area contributed by atoms with E-state index in [0.717, 1.165) is 16.3 Å². The van der Waals surface area contributed by atoms with Gasteiger partial charge in [0.2, 0.25) is 5.88 Å². The molecular weight excluding hydrogens is 200 g/mol. The Balaban J connectivity index is 2.84. The number of rotatable bonds is 5. The van der Waals surface area contributed by atoms with Crippen LogP contribution in [0, 0.1) is 0 Å². The monoisotopic (exact) mass is 214 g/mol. The van der Waals surface area contributed by atoms with Gasteiger partial charge in [0, 0.05) is 20.5 Å². The van der Waals surface area contributed by atoms with E-state index in [1.54, 1.807) is 18.4 Å². The predicted octanol–water partition coefficient (Wildman–Crippen LogP) is 1.35. The smallest absolute Gasteiger partial charge is 0.229 e. The fourth-order valence-electron chi connectivity index (χ4n) is 1.02. The summed E-state index contributed by atoms with van der Waals surface area (Å²) in [5.74, 6) is 0.639. The number of aryl methyl sites for hydroxylation is 1. The number of nitrogens with zero attached hydrogens (tertiary/aromatic N) is 2. The zero-order chi connectivity index (χ0) is 10.6. The zero-order valence-corrected chi connectivity index (χ0v) is 9.43. The van der Waals surface area contributed by atoms with Gasteiger partial charge < -0.3 is 14.4 Å². The van der Waals surface area contributed by atoms with Crippen molar-refractivity contribution in [3.8, 4) is 5.88 Å². The molecule has 1 aromatic heterocycles. The largest absolute Gasteiger partial charge is 0.480 e. The average Bonchev–Trinajstić information content (AvgIpc) is 2.57. The summed E-state index contributed by atoms with van der Waals surface area (Å²) in [6, 6.07) is 0. The van der Waals surface area contributed by atoms with Crippen LogP contribution < -0.4 is 9.64 Å². The summed E-state index contributed by atoms with van der Waals surface area (Å²) in [7, 11) is 5.46. The first kappa shape index (κ1) is 11.0. The molecule has 1 heterocycles. The number of anilines is 1. The summed E-state index contributed by atoms with van der Waals surface area (Å²) in [5, 5.41) is 0.905. The van der Waals surface area contributed by atoms with Gasteiger partial charge >= 0.3 is 0 Å². The van der Waals surface area contributed by atoms with Crippen molar-refractivity contribution in [2.45, 2.75) is 12.8 Å². The van der Waals surface area contributed by atoms with Crippen LogP contribution in [-0.4, -0.2) is 32.5 Å². The third-order valence-electron chi connectivity index (χ3n) is 1.72. The zero-order valence-electron chi connectivity index (χ0n) is 8.61. The minimum atomic E-state index is 0.519. The summed E-state index contributed by atoms with van der Waals surface area (Å²) >= 11 is 1.56. The molecule has 0 bridgehead atoms. The Labute approximate surface area is 87.5 Å². The lowest BCUT2D eigenvalue weighted by molar-refractivity contribution is -0.107. The van der Waals surface area contributed by atoms with Crippen LogP contribution in [-0.2, 0) is 11.2 Å². The molecule has 0 spiro atoms. The lowest BCUT2D eigenvalue weighted by atomic mass is 10.3. The minimum Gasteiger partial charge on any atom is -0.480 e. The highest BCUT2D eigenvalue weighted by Gasteiger charge is 2.12. The molecule has 0 atom stereocenters. The second-order valence-electron chi connectivity index (χ2n) is 3.03. The van der Waals surface area contributed by atoms with E-state index < -0.39 is 0 Å². The van der Waals surface area contributed by atoms with Crippen molar-refractivity contribution in [1.29, 1.82) is 0 Å². The Bertz CT molecular complexity index is 310. The van der Waals surface area contributed by atoms with Crippen LogP contribution in [0.1, 0.15) is 11.3 Å². The number of hydrogen-bond donors (Lipinski definition) is 0. The summed E-state index contributed by atoms with van der Waals surface area (Å²) in [5.41, 5.74) is 0.